The Bertz CT molecular complexity index is 701. The van der Waals surface area contributed by atoms with Crippen molar-refractivity contribution in [3.05, 3.63) is 23.0 Å². The number of carbonyl (C=O) groups is 2. The number of aromatic nitrogens is 1. The van der Waals surface area contributed by atoms with Crippen LogP contribution in [0.1, 0.15) is 47.4 Å². The summed E-state index contributed by atoms with van der Waals surface area (Å²) >= 11 is 0. The normalized spacial score (nSPS) is 22.2. The molecular weight excluding hydrogens is 346 g/mol. The quantitative estimate of drug-likeness (QED) is 0.845. The number of piperidine rings is 1. The minimum atomic E-state index is -0.565. The molecule has 7 nitrogen and oxygen atoms in total. The molecule has 1 aromatic heterocycles. The monoisotopic (exact) mass is 377 g/mol. The highest BCUT2D eigenvalue weighted by molar-refractivity contribution is 5.99. The average Bonchev–Trinajstić information content (AvgIpc) is 2.93. The van der Waals surface area contributed by atoms with Crippen LogP contribution in [0.25, 0.3) is 0 Å². The molecule has 1 aromatic rings. The fraction of sp³-hybridized carbons (Fsp3) is 0.700. The molecule has 2 amide bonds. The van der Waals surface area contributed by atoms with Crippen LogP contribution < -0.4 is 5.73 Å². The number of likely N-dealkylation sites (tertiary alicyclic amines) is 1. The lowest BCUT2D eigenvalue weighted by Gasteiger charge is -2.50. The summed E-state index contributed by atoms with van der Waals surface area (Å²) in [5.41, 5.74) is 8.15. The van der Waals surface area contributed by atoms with Crippen molar-refractivity contribution in [2.45, 2.75) is 52.1 Å². The summed E-state index contributed by atoms with van der Waals surface area (Å²) in [6.07, 6.45) is 3.35. The largest absolute Gasteiger partial charge is 0.383 e. The zero-order chi connectivity index (χ0) is 19.6. The predicted molar refractivity (Wildman–Crippen MR) is 102 cm³/mol. The molecular formula is C20H31N3O4. The number of ether oxygens (including phenoxy) is 2. The third-order valence-corrected chi connectivity index (χ3v) is 6.31. The second-order valence-corrected chi connectivity index (χ2v) is 7.81. The highest BCUT2D eigenvalue weighted by atomic mass is 16.5. The fourth-order valence-electron chi connectivity index (χ4n) is 4.87. The van der Waals surface area contributed by atoms with Crippen LogP contribution in [-0.4, -0.2) is 60.8 Å². The summed E-state index contributed by atoms with van der Waals surface area (Å²) in [5.74, 6) is -0.501. The van der Waals surface area contributed by atoms with Gasteiger partial charge >= 0.3 is 0 Å². The van der Waals surface area contributed by atoms with Crippen LogP contribution in [0.5, 0.6) is 0 Å². The summed E-state index contributed by atoms with van der Waals surface area (Å²) in [6.45, 7) is 7.03. The highest BCUT2D eigenvalue weighted by Gasteiger charge is 2.50. The molecule has 1 atom stereocenters. The van der Waals surface area contributed by atoms with Crippen molar-refractivity contribution in [1.29, 1.82) is 0 Å². The number of primary amides is 1. The molecule has 0 radical (unpaired) electrons. The number of hydrogen-bond acceptors (Lipinski definition) is 4. The smallest absolute Gasteiger partial charge is 0.256 e. The predicted octanol–water partition coefficient (Wildman–Crippen LogP) is 1.64. The molecule has 2 saturated heterocycles. The molecule has 1 unspecified atom stereocenters. The lowest BCUT2D eigenvalue weighted by Crippen LogP contribution is -2.61. The second kappa shape index (κ2) is 8.02. The molecule has 3 heterocycles. The molecule has 7 heteroatoms. The maximum atomic E-state index is 13.4. The summed E-state index contributed by atoms with van der Waals surface area (Å²) in [5, 5.41) is 0. The zero-order valence-corrected chi connectivity index (χ0v) is 16.6. The first kappa shape index (κ1) is 19.9. The number of aryl methyl sites for hydroxylation is 1. The minimum Gasteiger partial charge on any atom is -0.383 e. The van der Waals surface area contributed by atoms with Crippen LogP contribution in [-0.2, 0) is 20.8 Å². The molecule has 27 heavy (non-hydrogen) atoms. The van der Waals surface area contributed by atoms with Gasteiger partial charge in [0.1, 0.15) is 6.04 Å². The van der Waals surface area contributed by atoms with E-state index in [-0.39, 0.29) is 11.3 Å². The maximum Gasteiger partial charge on any atom is 0.256 e. The topological polar surface area (TPSA) is 86.8 Å². The van der Waals surface area contributed by atoms with Crippen molar-refractivity contribution < 1.29 is 19.1 Å². The fourth-order valence-corrected chi connectivity index (χ4v) is 4.87. The Labute approximate surface area is 160 Å². The van der Waals surface area contributed by atoms with E-state index in [9.17, 15) is 9.59 Å². The molecule has 2 fully saturated rings. The minimum absolute atomic E-state index is 0.0962. The van der Waals surface area contributed by atoms with Gasteiger partial charge < -0.3 is 24.7 Å². The van der Waals surface area contributed by atoms with Gasteiger partial charge in [0.05, 0.1) is 12.2 Å². The van der Waals surface area contributed by atoms with Crippen LogP contribution in [0.4, 0.5) is 0 Å². The zero-order valence-electron chi connectivity index (χ0n) is 16.6. The maximum absolute atomic E-state index is 13.4. The van der Waals surface area contributed by atoms with Gasteiger partial charge in [-0.25, -0.2) is 0 Å². The van der Waals surface area contributed by atoms with E-state index in [1.54, 1.807) is 12.0 Å². The van der Waals surface area contributed by atoms with Crippen LogP contribution in [0.3, 0.4) is 0 Å². The van der Waals surface area contributed by atoms with Gasteiger partial charge in [-0.3, -0.25) is 9.59 Å². The summed E-state index contributed by atoms with van der Waals surface area (Å²) in [6, 6.07) is 1.35. The first-order valence-electron chi connectivity index (χ1n) is 9.75. The Morgan fingerprint density at radius 2 is 2.00 bits per heavy atom. The molecule has 0 bridgehead atoms. The Balaban J connectivity index is 1.92. The van der Waals surface area contributed by atoms with E-state index in [1.165, 1.54) is 0 Å². The van der Waals surface area contributed by atoms with Crippen LogP contribution in [0.15, 0.2) is 6.07 Å². The van der Waals surface area contributed by atoms with Crippen molar-refractivity contribution in [1.82, 2.24) is 9.47 Å². The molecule has 2 N–H and O–H groups in total. The van der Waals surface area contributed by atoms with Crippen molar-refractivity contribution >= 4 is 11.8 Å². The second-order valence-electron chi connectivity index (χ2n) is 7.81. The van der Waals surface area contributed by atoms with Crippen LogP contribution >= 0.6 is 0 Å². The molecule has 0 saturated carbocycles. The molecule has 2 aliphatic rings. The molecule has 2 aliphatic heterocycles. The first-order chi connectivity index (χ1) is 12.9. The average molecular weight is 377 g/mol. The number of hydrogen-bond donors (Lipinski definition) is 1. The number of methoxy groups -OCH3 is 1. The number of nitrogens with zero attached hydrogens (tertiary/aromatic N) is 2. The van der Waals surface area contributed by atoms with E-state index >= 15 is 0 Å². The Hall–Kier alpha value is -1.86. The van der Waals surface area contributed by atoms with E-state index in [0.717, 1.165) is 37.1 Å². The van der Waals surface area contributed by atoms with E-state index < -0.39 is 11.9 Å². The summed E-state index contributed by atoms with van der Waals surface area (Å²) < 4.78 is 12.8. The van der Waals surface area contributed by atoms with E-state index in [4.69, 9.17) is 15.2 Å². The van der Waals surface area contributed by atoms with Gasteiger partial charge in [0.15, 0.2) is 0 Å². The first-order valence-corrected chi connectivity index (χ1v) is 9.75. The third kappa shape index (κ3) is 3.62. The SMILES string of the molecule is COCCn1c(C)cc(C(=O)N2CCCC3(CCOCC3)C2C(N)=O)c1C. The van der Waals surface area contributed by atoms with Gasteiger partial charge in [-0.2, -0.15) is 0 Å². The van der Waals surface area contributed by atoms with Crippen molar-refractivity contribution in [3.8, 4) is 0 Å². The van der Waals surface area contributed by atoms with Crippen molar-refractivity contribution in [3.63, 3.8) is 0 Å². The van der Waals surface area contributed by atoms with Gasteiger partial charge in [0, 0.05) is 50.2 Å². The molecule has 0 aliphatic carbocycles. The number of rotatable bonds is 5. The number of amides is 2. The Morgan fingerprint density at radius 1 is 1.30 bits per heavy atom. The van der Waals surface area contributed by atoms with Crippen LogP contribution in [0, 0.1) is 19.3 Å². The molecule has 0 aromatic carbocycles. The van der Waals surface area contributed by atoms with Gasteiger partial charge in [0.25, 0.3) is 5.91 Å². The third-order valence-electron chi connectivity index (χ3n) is 6.31. The van der Waals surface area contributed by atoms with Gasteiger partial charge in [-0.15, -0.1) is 0 Å². The lowest BCUT2D eigenvalue weighted by atomic mass is 9.67. The highest BCUT2D eigenvalue weighted by Crippen LogP contribution is 2.44. The van der Waals surface area contributed by atoms with Crippen molar-refractivity contribution in [2.75, 3.05) is 33.5 Å². The molecule has 1 spiro atoms. The van der Waals surface area contributed by atoms with E-state index in [1.807, 2.05) is 19.9 Å². The van der Waals surface area contributed by atoms with Gasteiger partial charge in [-0.1, -0.05) is 0 Å². The molecule has 150 valence electrons. The van der Waals surface area contributed by atoms with Gasteiger partial charge in [0.2, 0.25) is 5.91 Å². The number of nitrogens with two attached hydrogens (primary N) is 1. The van der Waals surface area contributed by atoms with Crippen LogP contribution in [0.2, 0.25) is 0 Å². The Kier molecular flexibility index (Phi) is 5.91. The van der Waals surface area contributed by atoms with Gasteiger partial charge in [-0.05, 0) is 45.6 Å². The van der Waals surface area contributed by atoms with E-state index in [0.29, 0.717) is 38.5 Å². The summed E-state index contributed by atoms with van der Waals surface area (Å²) in [7, 11) is 1.67. The number of carbonyl (C=O) groups excluding carboxylic acids is 2. The Morgan fingerprint density at radius 3 is 2.63 bits per heavy atom. The standard InChI is InChI=1S/C20H31N3O4/c1-14-13-16(15(2)22(14)9-12-26-3)19(25)23-8-4-5-20(17(23)18(21)24)6-10-27-11-7-20/h13,17H,4-12H2,1-3H3,(H2,21,24). The molecule has 3 rings (SSSR count). The van der Waals surface area contributed by atoms with E-state index in [2.05, 4.69) is 4.57 Å². The van der Waals surface area contributed by atoms with Crippen molar-refractivity contribution in [2.24, 2.45) is 11.1 Å². The lowest BCUT2D eigenvalue weighted by molar-refractivity contribution is -0.134. The summed E-state index contributed by atoms with van der Waals surface area (Å²) in [4.78, 5) is 27.6.